The van der Waals surface area contributed by atoms with Crippen LogP contribution in [0.2, 0.25) is 0 Å². The number of nitrogens with one attached hydrogen (secondary N) is 2. The van der Waals surface area contributed by atoms with E-state index in [2.05, 4.69) is 10.3 Å². The van der Waals surface area contributed by atoms with Crippen molar-refractivity contribution >= 4 is 34.9 Å². The number of anilines is 1. The highest BCUT2D eigenvalue weighted by Crippen LogP contribution is 2.19. The molecule has 0 saturated carbocycles. The average Bonchev–Trinajstić information content (AvgIpc) is 2.57. The number of carbonyl (C=O) groups excluding carboxylic acids is 1. The van der Waals surface area contributed by atoms with Gasteiger partial charge in [-0.25, -0.2) is 0 Å². The smallest absolute Gasteiger partial charge is 0.240 e. The van der Waals surface area contributed by atoms with Crippen LogP contribution in [0.4, 0.5) is 5.69 Å². The number of halogens is 1. The second kappa shape index (κ2) is 5.21. The molecule has 4 N–H and O–H groups in total. The van der Waals surface area contributed by atoms with Crippen LogP contribution in [0.25, 0.3) is 10.9 Å². The number of fused-ring (bicyclic) bond motifs is 1. The van der Waals surface area contributed by atoms with Crippen molar-refractivity contribution in [1.82, 2.24) is 4.98 Å². The Balaban J connectivity index is 0.00000144. The third kappa shape index (κ3) is 2.99. The standard InChI is InChI=1S/C12H15N3O.ClH/c1-7-5-9-6-10(3-4-11(9)14-7)15-12(16)8(2)13;/h3-6,8,14H,13H2,1-2H3,(H,15,16);1H/t8-;/m1./s1. The minimum Gasteiger partial charge on any atom is -0.359 e. The van der Waals surface area contributed by atoms with Crippen LogP contribution in [0.3, 0.4) is 0 Å². The molecule has 2 rings (SSSR count). The highest BCUT2D eigenvalue weighted by atomic mass is 35.5. The molecule has 5 heteroatoms. The van der Waals surface area contributed by atoms with E-state index in [1.807, 2.05) is 31.2 Å². The van der Waals surface area contributed by atoms with E-state index in [9.17, 15) is 4.79 Å². The summed E-state index contributed by atoms with van der Waals surface area (Å²) in [6.45, 7) is 3.66. The number of aromatic nitrogens is 1. The summed E-state index contributed by atoms with van der Waals surface area (Å²) in [6, 6.07) is 7.27. The second-order valence-electron chi connectivity index (χ2n) is 4.03. The maximum Gasteiger partial charge on any atom is 0.240 e. The lowest BCUT2D eigenvalue weighted by molar-refractivity contribution is -0.117. The fourth-order valence-corrected chi connectivity index (χ4v) is 1.61. The van der Waals surface area contributed by atoms with Gasteiger partial charge < -0.3 is 16.0 Å². The highest BCUT2D eigenvalue weighted by molar-refractivity contribution is 5.96. The van der Waals surface area contributed by atoms with Crippen LogP contribution >= 0.6 is 12.4 Å². The molecule has 1 atom stereocenters. The minimum atomic E-state index is -0.497. The molecule has 4 nitrogen and oxygen atoms in total. The summed E-state index contributed by atoms with van der Waals surface area (Å²) in [5.74, 6) is -0.174. The zero-order valence-electron chi connectivity index (χ0n) is 9.78. The molecule has 17 heavy (non-hydrogen) atoms. The van der Waals surface area contributed by atoms with Crippen molar-refractivity contribution in [2.24, 2.45) is 5.73 Å². The molecule has 1 heterocycles. The van der Waals surface area contributed by atoms with Crippen molar-refractivity contribution in [2.45, 2.75) is 19.9 Å². The van der Waals surface area contributed by atoms with E-state index in [1.54, 1.807) is 6.92 Å². The number of rotatable bonds is 2. The van der Waals surface area contributed by atoms with Crippen LogP contribution in [0.15, 0.2) is 24.3 Å². The Hall–Kier alpha value is -1.52. The first-order chi connectivity index (χ1) is 7.56. The summed E-state index contributed by atoms with van der Waals surface area (Å²) in [7, 11) is 0. The van der Waals surface area contributed by atoms with Gasteiger partial charge in [0.1, 0.15) is 0 Å². The highest BCUT2D eigenvalue weighted by Gasteiger charge is 2.07. The van der Waals surface area contributed by atoms with Crippen LogP contribution in [0, 0.1) is 6.92 Å². The fourth-order valence-electron chi connectivity index (χ4n) is 1.61. The fraction of sp³-hybridized carbons (Fsp3) is 0.250. The van der Waals surface area contributed by atoms with Crippen molar-refractivity contribution in [3.05, 3.63) is 30.0 Å². The van der Waals surface area contributed by atoms with E-state index >= 15 is 0 Å². The number of hydrogen-bond acceptors (Lipinski definition) is 2. The van der Waals surface area contributed by atoms with Crippen molar-refractivity contribution in [3.63, 3.8) is 0 Å². The van der Waals surface area contributed by atoms with E-state index in [0.29, 0.717) is 0 Å². The molecule has 0 spiro atoms. The molecule has 0 radical (unpaired) electrons. The monoisotopic (exact) mass is 253 g/mol. The van der Waals surface area contributed by atoms with Gasteiger partial charge >= 0.3 is 0 Å². The van der Waals surface area contributed by atoms with Gasteiger partial charge in [-0.15, -0.1) is 12.4 Å². The lowest BCUT2D eigenvalue weighted by Crippen LogP contribution is -2.32. The second-order valence-corrected chi connectivity index (χ2v) is 4.03. The van der Waals surface area contributed by atoms with Crippen LogP contribution in [0.5, 0.6) is 0 Å². The van der Waals surface area contributed by atoms with E-state index < -0.39 is 6.04 Å². The van der Waals surface area contributed by atoms with Gasteiger partial charge in [-0.05, 0) is 38.1 Å². The van der Waals surface area contributed by atoms with E-state index in [0.717, 1.165) is 22.3 Å². The first-order valence-electron chi connectivity index (χ1n) is 5.22. The number of nitrogens with two attached hydrogens (primary N) is 1. The van der Waals surface area contributed by atoms with Crippen LogP contribution in [-0.2, 0) is 4.79 Å². The third-order valence-electron chi connectivity index (χ3n) is 2.44. The molecule has 0 aliphatic heterocycles. The average molecular weight is 254 g/mol. The van der Waals surface area contributed by atoms with E-state index in [-0.39, 0.29) is 18.3 Å². The summed E-state index contributed by atoms with van der Waals surface area (Å²) < 4.78 is 0. The predicted molar refractivity (Wildman–Crippen MR) is 72.6 cm³/mol. The van der Waals surface area contributed by atoms with Gasteiger partial charge in [0.2, 0.25) is 5.91 Å². The summed E-state index contributed by atoms with van der Waals surface area (Å²) in [6.07, 6.45) is 0. The summed E-state index contributed by atoms with van der Waals surface area (Å²) >= 11 is 0. The number of aryl methyl sites for hydroxylation is 1. The maximum atomic E-state index is 11.4. The Bertz CT molecular complexity index is 534. The molecule has 0 unspecified atom stereocenters. The minimum absolute atomic E-state index is 0. The molecule has 0 aliphatic rings. The number of amides is 1. The Morgan fingerprint density at radius 2 is 2.12 bits per heavy atom. The molecule has 0 bridgehead atoms. The molecule has 0 aliphatic carbocycles. The Morgan fingerprint density at radius 1 is 1.41 bits per heavy atom. The summed E-state index contributed by atoms with van der Waals surface area (Å²) in [4.78, 5) is 14.6. The Labute approximate surface area is 106 Å². The maximum absolute atomic E-state index is 11.4. The van der Waals surface area contributed by atoms with Gasteiger partial charge in [0, 0.05) is 22.3 Å². The number of benzene rings is 1. The van der Waals surface area contributed by atoms with Crippen molar-refractivity contribution in [2.75, 3.05) is 5.32 Å². The first kappa shape index (κ1) is 13.5. The zero-order chi connectivity index (χ0) is 11.7. The van der Waals surface area contributed by atoms with Gasteiger partial charge in [-0.2, -0.15) is 0 Å². The quantitative estimate of drug-likeness (QED) is 0.768. The van der Waals surface area contributed by atoms with Crippen molar-refractivity contribution in [1.29, 1.82) is 0 Å². The van der Waals surface area contributed by atoms with Crippen molar-refractivity contribution in [3.8, 4) is 0 Å². The summed E-state index contributed by atoms with van der Waals surface area (Å²) in [5.41, 5.74) is 8.42. The first-order valence-corrected chi connectivity index (χ1v) is 5.22. The molecule has 0 fully saturated rings. The molecule has 1 amide bonds. The Kier molecular flexibility index (Phi) is 4.15. The molecular formula is C12H16ClN3O. The number of hydrogen-bond donors (Lipinski definition) is 3. The van der Waals surface area contributed by atoms with Gasteiger partial charge in [0.05, 0.1) is 6.04 Å². The molecule has 92 valence electrons. The van der Waals surface area contributed by atoms with E-state index in [1.165, 1.54) is 0 Å². The van der Waals surface area contributed by atoms with Gasteiger partial charge in [0.25, 0.3) is 0 Å². The zero-order valence-corrected chi connectivity index (χ0v) is 10.6. The Morgan fingerprint density at radius 3 is 2.76 bits per heavy atom. The largest absolute Gasteiger partial charge is 0.359 e. The number of H-pyrrole nitrogens is 1. The number of aromatic amines is 1. The van der Waals surface area contributed by atoms with Crippen LogP contribution in [0.1, 0.15) is 12.6 Å². The van der Waals surface area contributed by atoms with Crippen LogP contribution in [-0.4, -0.2) is 16.9 Å². The van der Waals surface area contributed by atoms with Gasteiger partial charge in [-0.1, -0.05) is 0 Å². The predicted octanol–water partition coefficient (Wildman–Crippen LogP) is 2.18. The van der Waals surface area contributed by atoms with Gasteiger partial charge in [-0.3, -0.25) is 4.79 Å². The molecular weight excluding hydrogens is 238 g/mol. The molecule has 2 aromatic rings. The third-order valence-corrected chi connectivity index (χ3v) is 2.44. The van der Waals surface area contributed by atoms with Crippen molar-refractivity contribution < 1.29 is 4.79 Å². The normalized spacial score (nSPS) is 11.9. The van der Waals surface area contributed by atoms with Gasteiger partial charge in [0.15, 0.2) is 0 Å². The lowest BCUT2D eigenvalue weighted by atomic mass is 10.2. The lowest BCUT2D eigenvalue weighted by Gasteiger charge is -2.07. The van der Waals surface area contributed by atoms with E-state index in [4.69, 9.17) is 5.73 Å². The summed E-state index contributed by atoms with van der Waals surface area (Å²) in [5, 5.41) is 3.85. The molecule has 1 aromatic carbocycles. The SMILES string of the molecule is Cc1cc2cc(NC(=O)[C@@H](C)N)ccc2[nH]1.Cl. The topological polar surface area (TPSA) is 70.9 Å². The molecule has 1 aromatic heterocycles. The van der Waals surface area contributed by atoms with Crippen LogP contribution < -0.4 is 11.1 Å². The number of carbonyl (C=O) groups is 1. The molecule has 0 saturated heterocycles.